The summed E-state index contributed by atoms with van der Waals surface area (Å²) in [4.78, 5) is 3.68. The molecule has 3 aliphatic carbocycles. The molecule has 2 aromatic heterocycles. The molecule has 6 atom stereocenters. The minimum Gasteiger partial charge on any atom is -0.504 e. The molecule has 55 heavy (non-hydrogen) atoms. The van der Waals surface area contributed by atoms with Crippen LogP contribution in [0.25, 0.3) is 0 Å². The molecule has 3 aromatic rings. The molecule has 9 N–H and O–H groups in total. The molecule has 2 fully saturated rings. The predicted molar refractivity (Wildman–Crippen MR) is 215 cm³/mol. The fraction of sp³-hybridized carbons (Fsp3) is 0.689. The van der Waals surface area contributed by atoms with Crippen molar-refractivity contribution in [2.45, 2.75) is 153 Å². The van der Waals surface area contributed by atoms with Crippen molar-refractivity contribution >= 4 is 0 Å². The van der Waals surface area contributed by atoms with Crippen LogP contribution in [0, 0.1) is 17.3 Å². The lowest BCUT2D eigenvalue weighted by molar-refractivity contribution is 0.101. The first-order chi connectivity index (χ1) is 26.7. The van der Waals surface area contributed by atoms with Crippen LogP contribution in [0.15, 0.2) is 34.7 Å². The first-order valence-electron chi connectivity index (χ1n) is 21.5. The smallest absolute Gasteiger partial charge is 0.161 e. The zero-order valence-corrected chi connectivity index (χ0v) is 33.2. The third-order valence-corrected chi connectivity index (χ3v) is 13.2. The second kappa shape index (κ2) is 20.0. The minimum atomic E-state index is -0.882. The number of H-pyrrole nitrogens is 1. The van der Waals surface area contributed by atoms with Crippen molar-refractivity contribution in [3.63, 3.8) is 0 Å². The number of furan rings is 1. The highest BCUT2D eigenvalue weighted by Crippen LogP contribution is 2.60. The maximum Gasteiger partial charge on any atom is 0.161 e. The number of ether oxygens (including phenoxy) is 1. The average molecular weight is 764 g/mol. The van der Waals surface area contributed by atoms with E-state index in [9.17, 15) is 20.4 Å². The highest BCUT2D eigenvalue weighted by molar-refractivity contribution is 5.42. The molecule has 6 rings (SSSR count). The maximum atomic E-state index is 11.5. The first kappa shape index (κ1) is 41.8. The highest BCUT2D eigenvalue weighted by Gasteiger charge is 2.51. The van der Waals surface area contributed by atoms with Crippen molar-refractivity contribution in [1.82, 2.24) is 10.3 Å². The monoisotopic (exact) mass is 764 g/mol. The summed E-state index contributed by atoms with van der Waals surface area (Å²) in [6, 6.07) is 9.66. The molecule has 306 valence electrons. The molecule has 0 radical (unpaired) electrons. The number of benzene rings is 1. The van der Waals surface area contributed by atoms with Crippen LogP contribution in [0.4, 0.5) is 0 Å². The number of aryl methyl sites for hydroxylation is 3. The van der Waals surface area contributed by atoms with Gasteiger partial charge in [0.15, 0.2) is 11.5 Å². The Bertz CT molecular complexity index is 1610. The number of fused-ring (bicyclic) bond motifs is 3. The van der Waals surface area contributed by atoms with Crippen molar-refractivity contribution in [2.24, 2.45) is 23.0 Å². The molecule has 3 aliphatic rings. The van der Waals surface area contributed by atoms with Gasteiger partial charge in [0.2, 0.25) is 0 Å². The largest absolute Gasteiger partial charge is 0.504 e. The van der Waals surface area contributed by atoms with E-state index < -0.39 is 12.2 Å². The van der Waals surface area contributed by atoms with Gasteiger partial charge in [-0.1, -0.05) is 44.6 Å². The van der Waals surface area contributed by atoms with Crippen LogP contribution in [0.5, 0.6) is 11.5 Å². The number of aliphatic hydroxyl groups is 4. The van der Waals surface area contributed by atoms with Crippen LogP contribution in [0.3, 0.4) is 0 Å². The molecule has 10 heteroatoms. The normalized spacial score (nSPS) is 22.0. The molecular formula is C45H69N3O7. The lowest BCUT2D eigenvalue weighted by Gasteiger charge is -2.39. The van der Waals surface area contributed by atoms with E-state index in [4.69, 9.17) is 20.0 Å². The number of nitrogens with two attached hydrogens (primary N) is 1. The lowest BCUT2D eigenvalue weighted by atomic mass is 9.66. The van der Waals surface area contributed by atoms with Gasteiger partial charge in [0.1, 0.15) is 24.2 Å². The van der Waals surface area contributed by atoms with Crippen LogP contribution >= 0.6 is 0 Å². The molecule has 0 bridgehead atoms. The molecule has 2 heterocycles. The number of rotatable bonds is 22. The molecule has 0 aliphatic heterocycles. The molecule has 10 nitrogen and oxygen atoms in total. The molecule has 0 amide bonds. The standard InChI is InChI=1S/C45H69N3O7/c1-30(51)26-47-27-37-35-12-8-13-38(35)45(19-6-7-20-45)25-40-36(37)24-39(48-40)42(53)29-54-44-22-31(16-18-41(44)52)15-17-34-23-32(28-50)43(55-34)14-5-3-2-4-10-33(46)11-9-21-49/h16,18,22-24,30,33,35,37-38,42,47-53H,2-15,17,19-21,25-29,46H2,1H3/t30-,33-,35-,37-,38-,42-/m0/s1. The quantitative estimate of drug-likeness (QED) is 0.0507. The summed E-state index contributed by atoms with van der Waals surface area (Å²) >= 11 is 0. The van der Waals surface area contributed by atoms with Crippen LogP contribution in [-0.4, -0.2) is 69.0 Å². The second-order valence-electron chi connectivity index (χ2n) is 17.2. The Morgan fingerprint density at radius 3 is 2.55 bits per heavy atom. The van der Waals surface area contributed by atoms with Crippen molar-refractivity contribution in [3.8, 4) is 11.5 Å². The molecule has 0 unspecified atom stereocenters. The number of aromatic amines is 1. The number of aliphatic hydroxyl groups excluding tert-OH is 4. The van der Waals surface area contributed by atoms with Gasteiger partial charge in [0, 0.05) is 61.4 Å². The SMILES string of the molecule is C[C@H](O)CNC[C@@H]1c2cc([C@@H](O)COc3cc(CCc4cc(CO)c(CCCCCC[C@H](N)CCCO)o4)ccc3O)[nH]c2CC2(CCCC2)[C@H]2CCC[C@@H]12. The topological polar surface area (TPSA) is 177 Å². The van der Waals surface area contributed by atoms with Crippen LogP contribution < -0.4 is 15.8 Å². The van der Waals surface area contributed by atoms with Crippen LogP contribution in [0.1, 0.15) is 148 Å². The Balaban J connectivity index is 1.04. The van der Waals surface area contributed by atoms with E-state index >= 15 is 0 Å². The number of phenolic OH excluding ortho intramolecular Hbond substituents is 1. The van der Waals surface area contributed by atoms with Crippen molar-refractivity contribution in [1.29, 1.82) is 0 Å². The van der Waals surface area contributed by atoms with E-state index in [1.807, 2.05) is 25.1 Å². The van der Waals surface area contributed by atoms with Gasteiger partial charge in [0.25, 0.3) is 0 Å². The van der Waals surface area contributed by atoms with E-state index in [1.165, 1.54) is 56.2 Å². The van der Waals surface area contributed by atoms with E-state index in [-0.39, 0.29) is 31.6 Å². The van der Waals surface area contributed by atoms with Crippen molar-refractivity contribution in [3.05, 3.63) is 69.9 Å². The van der Waals surface area contributed by atoms with Crippen molar-refractivity contribution < 1.29 is 34.7 Å². The minimum absolute atomic E-state index is 0.0104. The van der Waals surface area contributed by atoms with Gasteiger partial charge in [-0.05, 0) is 124 Å². The van der Waals surface area contributed by atoms with Crippen LogP contribution in [0.2, 0.25) is 0 Å². The van der Waals surface area contributed by atoms with E-state index in [0.717, 1.165) is 98.6 Å². The average Bonchev–Trinajstić information content (AvgIpc) is 4.00. The zero-order valence-electron chi connectivity index (χ0n) is 33.2. The molecular weight excluding hydrogens is 695 g/mol. The number of aromatic nitrogens is 1. The third kappa shape index (κ3) is 10.8. The van der Waals surface area contributed by atoms with Gasteiger partial charge >= 0.3 is 0 Å². The molecule has 0 saturated heterocycles. The maximum absolute atomic E-state index is 11.5. The summed E-state index contributed by atoms with van der Waals surface area (Å²) in [5, 5.41) is 54.7. The molecule has 1 spiro atoms. The number of phenols is 1. The Labute approximate surface area is 328 Å². The molecule has 1 aromatic carbocycles. The first-order valence-corrected chi connectivity index (χ1v) is 21.5. The second-order valence-corrected chi connectivity index (χ2v) is 17.2. The molecule has 2 saturated carbocycles. The number of aromatic hydroxyl groups is 1. The van der Waals surface area contributed by atoms with Crippen molar-refractivity contribution in [2.75, 3.05) is 26.3 Å². The lowest BCUT2D eigenvalue weighted by Crippen LogP contribution is -2.36. The number of unbranched alkanes of at least 4 members (excludes halogenated alkanes) is 3. The fourth-order valence-corrected chi connectivity index (χ4v) is 10.4. The van der Waals surface area contributed by atoms with Gasteiger partial charge in [-0.2, -0.15) is 0 Å². The summed E-state index contributed by atoms with van der Waals surface area (Å²) < 4.78 is 12.3. The summed E-state index contributed by atoms with van der Waals surface area (Å²) in [5.74, 6) is 3.73. The number of hydrogen-bond acceptors (Lipinski definition) is 9. The highest BCUT2D eigenvalue weighted by atomic mass is 16.5. The van der Waals surface area contributed by atoms with E-state index in [2.05, 4.69) is 16.4 Å². The van der Waals surface area contributed by atoms with Gasteiger partial charge in [0.05, 0.1) is 12.7 Å². The Morgan fingerprint density at radius 2 is 1.76 bits per heavy atom. The summed E-state index contributed by atoms with van der Waals surface area (Å²) in [6.45, 7) is 3.38. The Kier molecular flexibility index (Phi) is 15.2. The van der Waals surface area contributed by atoms with Gasteiger partial charge < -0.3 is 50.7 Å². The fourth-order valence-electron chi connectivity index (χ4n) is 10.4. The predicted octanol–water partition coefficient (Wildman–Crippen LogP) is 6.88. The van der Waals surface area contributed by atoms with Gasteiger partial charge in [-0.15, -0.1) is 0 Å². The third-order valence-electron chi connectivity index (χ3n) is 13.2. The summed E-state index contributed by atoms with van der Waals surface area (Å²) in [7, 11) is 0. The van der Waals surface area contributed by atoms with Gasteiger partial charge in [-0.3, -0.25) is 0 Å². The Hall–Kier alpha value is -2.86. The summed E-state index contributed by atoms with van der Waals surface area (Å²) in [5.41, 5.74) is 11.6. The van der Waals surface area contributed by atoms with Crippen LogP contribution in [-0.2, 0) is 32.3 Å². The van der Waals surface area contributed by atoms with E-state index in [1.54, 1.807) is 6.07 Å². The zero-order chi connectivity index (χ0) is 38.8. The Morgan fingerprint density at radius 1 is 0.964 bits per heavy atom. The van der Waals surface area contributed by atoms with E-state index in [0.29, 0.717) is 42.4 Å². The summed E-state index contributed by atoms with van der Waals surface area (Å²) in [6.07, 6.45) is 17.7. The van der Waals surface area contributed by atoms with Gasteiger partial charge in [-0.25, -0.2) is 0 Å². The number of hydrogen-bond donors (Lipinski definition) is 8. The number of nitrogens with one attached hydrogen (secondary N) is 2.